The van der Waals surface area contributed by atoms with Crippen molar-refractivity contribution in [3.8, 4) is 0 Å². The fourth-order valence-electron chi connectivity index (χ4n) is 0.879. The molecule has 0 bridgehead atoms. The molecule has 0 aliphatic rings. The zero-order chi connectivity index (χ0) is 12.8. The molecule has 0 aromatic rings. The first-order valence-electron chi connectivity index (χ1n) is 4.11. The molecule has 9 nitrogen and oxygen atoms in total. The molecule has 5 N–H and O–H groups in total. The van der Waals surface area contributed by atoms with Crippen molar-refractivity contribution in [2.75, 3.05) is 19.3 Å². The van der Waals surface area contributed by atoms with Gasteiger partial charge >= 0.3 is 12.2 Å². The molecule has 0 fully saturated rings. The van der Waals surface area contributed by atoms with E-state index in [1.54, 1.807) is 0 Å². The Morgan fingerprint density at radius 2 is 1.50 bits per heavy atom. The Bertz CT molecular complexity index is 335. The molecule has 2 amide bonds. The first kappa shape index (κ1) is 14.5. The zero-order valence-corrected chi connectivity index (χ0v) is 9.24. The van der Waals surface area contributed by atoms with Crippen molar-refractivity contribution >= 4 is 22.2 Å². The van der Waals surface area contributed by atoms with Gasteiger partial charge in [0.15, 0.2) is 0 Å². The molecule has 0 aliphatic carbocycles. The van der Waals surface area contributed by atoms with Crippen LogP contribution in [0.1, 0.15) is 0 Å². The molecule has 0 aliphatic heterocycles. The van der Waals surface area contributed by atoms with Gasteiger partial charge in [0, 0.05) is 13.1 Å². The van der Waals surface area contributed by atoms with Gasteiger partial charge in [0.1, 0.15) is 0 Å². The van der Waals surface area contributed by atoms with Gasteiger partial charge in [-0.2, -0.15) is 0 Å². The largest absolute Gasteiger partial charge is 0.465 e. The van der Waals surface area contributed by atoms with Gasteiger partial charge in [0.2, 0.25) is 10.0 Å². The van der Waals surface area contributed by atoms with E-state index >= 15 is 0 Å². The molecule has 0 aromatic heterocycles. The molecule has 10 heteroatoms. The number of amides is 2. The highest BCUT2D eigenvalue weighted by Crippen LogP contribution is 1.85. The summed E-state index contributed by atoms with van der Waals surface area (Å²) in [4.78, 5) is 20.4. The van der Waals surface area contributed by atoms with Crippen molar-refractivity contribution in [3.05, 3.63) is 0 Å². The number of carbonyl (C=O) groups is 2. The van der Waals surface area contributed by atoms with Crippen LogP contribution in [0.5, 0.6) is 0 Å². The van der Waals surface area contributed by atoms with Crippen LogP contribution >= 0.6 is 0 Å². The zero-order valence-electron chi connectivity index (χ0n) is 8.43. The average Bonchev–Trinajstić information content (AvgIpc) is 2.07. The number of carboxylic acid groups (broad SMARTS) is 2. The summed E-state index contributed by atoms with van der Waals surface area (Å²) < 4.78 is 23.8. The monoisotopic (exact) mass is 255 g/mol. The predicted octanol–water partition coefficient (Wildman–Crippen LogP) is -1.56. The molecule has 0 unspecified atom stereocenters. The van der Waals surface area contributed by atoms with E-state index in [1.807, 2.05) is 10.6 Å². The van der Waals surface area contributed by atoms with E-state index in [0.29, 0.717) is 0 Å². The summed E-state index contributed by atoms with van der Waals surface area (Å²) in [7, 11) is -3.53. The first-order chi connectivity index (χ1) is 7.20. The van der Waals surface area contributed by atoms with E-state index in [2.05, 4.69) is 4.72 Å². The minimum Gasteiger partial charge on any atom is -0.465 e. The molecule has 0 saturated carbocycles. The van der Waals surface area contributed by atoms with Crippen LogP contribution in [0.2, 0.25) is 0 Å². The fourth-order valence-corrected chi connectivity index (χ4v) is 1.65. The van der Waals surface area contributed by atoms with E-state index in [4.69, 9.17) is 10.2 Å². The number of hydrogen-bond acceptors (Lipinski definition) is 4. The lowest BCUT2D eigenvalue weighted by Gasteiger charge is -2.16. The summed E-state index contributed by atoms with van der Waals surface area (Å²) in [5, 5.41) is 20.5. The molecule has 0 aromatic carbocycles. The minimum atomic E-state index is -3.53. The summed E-state index contributed by atoms with van der Waals surface area (Å²) >= 11 is 0. The topological polar surface area (TPSA) is 145 Å². The SMILES string of the molecule is CS(=O)(=O)NC(CNC(=O)O)CNC(=O)O. The number of nitrogens with one attached hydrogen (secondary N) is 3. The van der Waals surface area contributed by atoms with Gasteiger partial charge in [-0.25, -0.2) is 22.7 Å². The summed E-state index contributed by atoms with van der Waals surface area (Å²) in [6.45, 7) is -0.467. The predicted molar refractivity (Wildman–Crippen MR) is 53.8 cm³/mol. The summed E-state index contributed by atoms with van der Waals surface area (Å²) in [5.41, 5.74) is 0. The third-order valence-electron chi connectivity index (χ3n) is 1.38. The molecule has 16 heavy (non-hydrogen) atoms. The Morgan fingerprint density at radius 1 is 1.12 bits per heavy atom. The van der Waals surface area contributed by atoms with Crippen LogP contribution in [0.3, 0.4) is 0 Å². The molecular weight excluding hydrogens is 242 g/mol. The standard InChI is InChI=1S/C6H13N3O6S/c1-16(14,15)9-4(2-7-5(10)11)3-8-6(12)13/h4,7-9H,2-3H2,1H3,(H,10,11)(H,12,13). The van der Waals surface area contributed by atoms with Crippen molar-refractivity contribution in [2.45, 2.75) is 6.04 Å². The third-order valence-corrected chi connectivity index (χ3v) is 2.14. The van der Waals surface area contributed by atoms with E-state index < -0.39 is 28.3 Å². The van der Waals surface area contributed by atoms with Crippen LogP contribution in [0.4, 0.5) is 9.59 Å². The highest BCUT2D eigenvalue weighted by molar-refractivity contribution is 7.88. The Hall–Kier alpha value is -1.55. The van der Waals surface area contributed by atoms with E-state index in [0.717, 1.165) is 6.26 Å². The summed E-state index contributed by atoms with van der Waals surface area (Å²) in [6, 6.07) is -0.873. The number of sulfonamides is 1. The van der Waals surface area contributed by atoms with Gasteiger partial charge in [0.25, 0.3) is 0 Å². The van der Waals surface area contributed by atoms with Crippen molar-refractivity contribution in [1.29, 1.82) is 0 Å². The fraction of sp³-hybridized carbons (Fsp3) is 0.667. The van der Waals surface area contributed by atoms with Crippen molar-refractivity contribution in [3.63, 3.8) is 0 Å². The second-order valence-corrected chi connectivity index (χ2v) is 4.74. The van der Waals surface area contributed by atoms with Gasteiger partial charge < -0.3 is 20.8 Å². The highest BCUT2D eigenvalue weighted by Gasteiger charge is 2.15. The van der Waals surface area contributed by atoms with Gasteiger partial charge in [-0.3, -0.25) is 0 Å². The maximum absolute atomic E-state index is 10.9. The number of hydrogen-bond donors (Lipinski definition) is 5. The van der Waals surface area contributed by atoms with Gasteiger partial charge in [-0.1, -0.05) is 0 Å². The molecule has 0 saturated heterocycles. The maximum atomic E-state index is 10.9. The summed E-state index contributed by atoms with van der Waals surface area (Å²) in [6.07, 6.45) is -1.76. The summed E-state index contributed by atoms with van der Waals surface area (Å²) in [5.74, 6) is 0. The van der Waals surface area contributed by atoms with Crippen LogP contribution in [0.25, 0.3) is 0 Å². The minimum absolute atomic E-state index is 0.233. The van der Waals surface area contributed by atoms with Crippen LogP contribution in [-0.4, -0.2) is 56.2 Å². The van der Waals surface area contributed by atoms with Crippen molar-refractivity contribution < 1.29 is 28.2 Å². The average molecular weight is 255 g/mol. The Morgan fingerprint density at radius 3 is 1.75 bits per heavy atom. The van der Waals surface area contributed by atoms with Crippen LogP contribution in [0, 0.1) is 0 Å². The third kappa shape index (κ3) is 9.02. The molecule has 0 spiro atoms. The molecule has 0 heterocycles. The van der Waals surface area contributed by atoms with Gasteiger partial charge in [0.05, 0.1) is 12.3 Å². The normalized spacial score (nSPS) is 11.1. The Labute approximate surface area is 91.9 Å². The molecule has 94 valence electrons. The van der Waals surface area contributed by atoms with E-state index in [-0.39, 0.29) is 13.1 Å². The quantitative estimate of drug-likeness (QED) is 0.388. The molecular formula is C6H13N3O6S. The Balaban J connectivity index is 4.26. The first-order valence-corrected chi connectivity index (χ1v) is 6.00. The van der Waals surface area contributed by atoms with E-state index in [9.17, 15) is 18.0 Å². The Kier molecular flexibility index (Phi) is 5.53. The highest BCUT2D eigenvalue weighted by atomic mass is 32.2. The van der Waals surface area contributed by atoms with Gasteiger partial charge in [-0.05, 0) is 0 Å². The second-order valence-electron chi connectivity index (χ2n) is 2.96. The smallest absolute Gasteiger partial charge is 0.404 e. The lowest BCUT2D eigenvalue weighted by Crippen LogP contribution is -2.49. The lowest BCUT2D eigenvalue weighted by atomic mass is 10.3. The maximum Gasteiger partial charge on any atom is 0.404 e. The van der Waals surface area contributed by atoms with Crippen LogP contribution in [-0.2, 0) is 10.0 Å². The lowest BCUT2D eigenvalue weighted by molar-refractivity contribution is 0.191. The number of rotatable bonds is 6. The molecule has 0 rings (SSSR count). The van der Waals surface area contributed by atoms with Crippen LogP contribution in [0.15, 0.2) is 0 Å². The molecule has 0 atom stereocenters. The second kappa shape index (κ2) is 6.12. The molecule has 0 radical (unpaired) electrons. The van der Waals surface area contributed by atoms with Gasteiger partial charge in [-0.15, -0.1) is 0 Å². The van der Waals surface area contributed by atoms with Crippen LogP contribution < -0.4 is 15.4 Å². The van der Waals surface area contributed by atoms with E-state index in [1.165, 1.54) is 0 Å². The van der Waals surface area contributed by atoms with Crippen molar-refractivity contribution in [1.82, 2.24) is 15.4 Å². The van der Waals surface area contributed by atoms with Crippen molar-refractivity contribution in [2.24, 2.45) is 0 Å².